The van der Waals surface area contributed by atoms with Crippen LogP contribution in [0.2, 0.25) is 0 Å². The first-order valence-corrected chi connectivity index (χ1v) is 7.77. The fraction of sp³-hybridized carbons (Fsp3) is 0.211. The van der Waals surface area contributed by atoms with E-state index in [1.165, 1.54) is 6.07 Å². The van der Waals surface area contributed by atoms with E-state index < -0.39 is 11.7 Å². The Labute approximate surface area is 136 Å². The third kappa shape index (κ3) is 2.15. The number of nitrogens with one attached hydrogen (secondary N) is 1. The Balaban J connectivity index is 2.20. The van der Waals surface area contributed by atoms with Crippen LogP contribution in [0.3, 0.4) is 0 Å². The van der Waals surface area contributed by atoms with Gasteiger partial charge < -0.3 is 4.98 Å². The lowest BCUT2D eigenvalue weighted by atomic mass is 10.0. The number of fused-ring (bicyclic) bond motifs is 5. The molecule has 0 saturated heterocycles. The maximum absolute atomic E-state index is 13.0. The first-order chi connectivity index (χ1) is 11.4. The van der Waals surface area contributed by atoms with Crippen molar-refractivity contribution in [2.24, 2.45) is 0 Å². The number of para-hydroxylation sites is 1. The van der Waals surface area contributed by atoms with E-state index >= 15 is 0 Å². The molecule has 0 fully saturated rings. The van der Waals surface area contributed by atoms with E-state index in [-0.39, 0.29) is 5.92 Å². The largest absolute Gasteiger partial charge is 0.416 e. The van der Waals surface area contributed by atoms with Crippen LogP contribution in [0.25, 0.3) is 32.7 Å². The number of aromatic nitrogens is 2. The summed E-state index contributed by atoms with van der Waals surface area (Å²) >= 11 is 0. The number of H-pyrrole nitrogens is 1. The zero-order chi connectivity index (χ0) is 17.1. The summed E-state index contributed by atoms with van der Waals surface area (Å²) in [6.45, 7) is 3.99. The van der Waals surface area contributed by atoms with E-state index in [0.29, 0.717) is 5.52 Å². The quantitative estimate of drug-likeness (QED) is 0.455. The number of alkyl halides is 3. The third-order valence-corrected chi connectivity index (χ3v) is 4.34. The highest BCUT2D eigenvalue weighted by Crippen LogP contribution is 2.37. The highest BCUT2D eigenvalue weighted by molar-refractivity contribution is 6.20. The van der Waals surface area contributed by atoms with Gasteiger partial charge in [-0.05, 0) is 24.1 Å². The third-order valence-electron chi connectivity index (χ3n) is 4.34. The molecule has 2 aromatic heterocycles. The van der Waals surface area contributed by atoms with Gasteiger partial charge in [-0.1, -0.05) is 38.1 Å². The Morgan fingerprint density at radius 3 is 2.46 bits per heavy atom. The van der Waals surface area contributed by atoms with Gasteiger partial charge in [-0.25, -0.2) is 0 Å². The molecule has 1 N–H and O–H groups in total. The molecule has 24 heavy (non-hydrogen) atoms. The van der Waals surface area contributed by atoms with Crippen LogP contribution in [0, 0.1) is 0 Å². The summed E-state index contributed by atoms with van der Waals surface area (Å²) in [5.74, 6) is 0.0968. The second-order valence-corrected chi connectivity index (χ2v) is 6.30. The van der Waals surface area contributed by atoms with Crippen LogP contribution in [0.5, 0.6) is 0 Å². The molecule has 4 aromatic rings. The number of nitrogens with zero attached hydrogens (tertiary/aromatic N) is 1. The maximum Gasteiger partial charge on any atom is 0.416 e. The summed E-state index contributed by atoms with van der Waals surface area (Å²) in [6, 6.07) is 11.6. The second-order valence-electron chi connectivity index (χ2n) is 6.30. The van der Waals surface area contributed by atoms with Crippen molar-refractivity contribution in [3.63, 3.8) is 0 Å². The summed E-state index contributed by atoms with van der Waals surface area (Å²) in [7, 11) is 0. The van der Waals surface area contributed by atoms with E-state index in [9.17, 15) is 13.2 Å². The maximum atomic E-state index is 13.0. The molecule has 0 aliphatic carbocycles. The fourth-order valence-corrected chi connectivity index (χ4v) is 3.23. The molecule has 0 atom stereocenters. The minimum absolute atomic E-state index is 0.0968. The van der Waals surface area contributed by atoms with Crippen LogP contribution in [-0.4, -0.2) is 9.97 Å². The average Bonchev–Trinajstić information content (AvgIpc) is 2.92. The summed E-state index contributed by atoms with van der Waals surface area (Å²) in [5.41, 5.74) is 2.36. The lowest BCUT2D eigenvalue weighted by Crippen LogP contribution is -2.05. The Bertz CT molecular complexity index is 1070. The molecule has 0 bridgehead atoms. The number of pyridine rings is 1. The van der Waals surface area contributed by atoms with Crippen molar-refractivity contribution in [3.8, 4) is 0 Å². The number of aromatic amines is 1. The molecular formula is C19H15F3N2. The van der Waals surface area contributed by atoms with E-state index in [4.69, 9.17) is 0 Å². The minimum atomic E-state index is -4.37. The summed E-state index contributed by atoms with van der Waals surface area (Å²) in [5, 5.41) is 2.68. The van der Waals surface area contributed by atoms with Gasteiger partial charge in [0, 0.05) is 21.7 Å². The van der Waals surface area contributed by atoms with Gasteiger partial charge in [-0.15, -0.1) is 0 Å². The highest BCUT2D eigenvalue weighted by Gasteiger charge is 2.31. The van der Waals surface area contributed by atoms with Gasteiger partial charge in [0.2, 0.25) is 0 Å². The molecule has 2 aromatic carbocycles. The number of hydrogen-bond donors (Lipinski definition) is 1. The predicted molar refractivity (Wildman–Crippen MR) is 90.2 cm³/mol. The standard InChI is InChI=1S/C19H15F3N2/c1-10(2)17-18-16(12-5-3-4-6-14(12)23-18)13-8-7-11(19(20,21)22)9-15(13)24-17/h3-10,23H,1-2H3. The molecule has 0 aliphatic rings. The molecule has 0 amide bonds. The molecule has 122 valence electrons. The Morgan fingerprint density at radius 1 is 1.00 bits per heavy atom. The average molecular weight is 328 g/mol. The van der Waals surface area contributed by atoms with Gasteiger partial charge in [0.25, 0.3) is 0 Å². The number of rotatable bonds is 1. The SMILES string of the molecule is CC(C)c1nc2cc(C(F)(F)F)ccc2c2c1[nH]c1ccccc12. The van der Waals surface area contributed by atoms with E-state index in [0.717, 1.165) is 45.0 Å². The Kier molecular flexibility index (Phi) is 3.10. The molecule has 0 aliphatic heterocycles. The van der Waals surface area contributed by atoms with Crippen LogP contribution in [0.15, 0.2) is 42.5 Å². The molecule has 4 rings (SSSR count). The van der Waals surface area contributed by atoms with Crippen LogP contribution in [0.4, 0.5) is 13.2 Å². The van der Waals surface area contributed by atoms with E-state index in [2.05, 4.69) is 9.97 Å². The second kappa shape index (κ2) is 4.97. The van der Waals surface area contributed by atoms with Crippen LogP contribution in [0.1, 0.15) is 31.0 Å². The Morgan fingerprint density at radius 2 is 1.75 bits per heavy atom. The minimum Gasteiger partial charge on any atom is -0.353 e. The fourth-order valence-electron chi connectivity index (χ4n) is 3.23. The van der Waals surface area contributed by atoms with Crippen molar-refractivity contribution in [2.45, 2.75) is 25.9 Å². The monoisotopic (exact) mass is 328 g/mol. The molecule has 0 spiro atoms. The lowest BCUT2D eigenvalue weighted by Gasteiger charge is -2.12. The van der Waals surface area contributed by atoms with Crippen molar-refractivity contribution in [2.75, 3.05) is 0 Å². The molecule has 0 unspecified atom stereocenters. The molecule has 5 heteroatoms. The predicted octanol–water partition coefficient (Wildman–Crippen LogP) is 6.01. The lowest BCUT2D eigenvalue weighted by molar-refractivity contribution is -0.137. The van der Waals surface area contributed by atoms with Gasteiger partial charge >= 0.3 is 6.18 Å². The number of benzene rings is 2. The molecular weight excluding hydrogens is 313 g/mol. The topological polar surface area (TPSA) is 28.7 Å². The van der Waals surface area contributed by atoms with Gasteiger partial charge in [0.15, 0.2) is 0 Å². The normalized spacial score (nSPS) is 12.8. The van der Waals surface area contributed by atoms with Crippen molar-refractivity contribution < 1.29 is 13.2 Å². The first kappa shape index (κ1) is 15.0. The summed E-state index contributed by atoms with van der Waals surface area (Å²) < 4.78 is 39.1. The highest BCUT2D eigenvalue weighted by atomic mass is 19.4. The van der Waals surface area contributed by atoms with E-state index in [1.54, 1.807) is 0 Å². The van der Waals surface area contributed by atoms with Gasteiger partial charge in [0.1, 0.15) is 0 Å². The van der Waals surface area contributed by atoms with E-state index in [1.807, 2.05) is 38.1 Å². The van der Waals surface area contributed by atoms with Crippen molar-refractivity contribution >= 4 is 32.7 Å². The molecule has 0 radical (unpaired) electrons. The zero-order valence-electron chi connectivity index (χ0n) is 13.2. The van der Waals surface area contributed by atoms with Crippen LogP contribution in [-0.2, 0) is 6.18 Å². The Hall–Kier alpha value is -2.56. The van der Waals surface area contributed by atoms with Gasteiger partial charge in [0.05, 0.1) is 22.3 Å². The van der Waals surface area contributed by atoms with Crippen molar-refractivity contribution in [1.29, 1.82) is 0 Å². The first-order valence-electron chi connectivity index (χ1n) is 7.77. The molecule has 2 heterocycles. The van der Waals surface area contributed by atoms with Gasteiger partial charge in [-0.2, -0.15) is 13.2 Å². The number of halogens is 3. The van der Waals surface area contributed by atoms with Crippen LogP contribution < -0.4 is 0 Å². The number of hydrogen-bond acceptors (Lipinski definition) is 1. The van der Waals surface area contributed by atoms with Crippen LogP contribution >= 0.6 is 0 Å². The summed E-state index contributed by atoms with van der Waals surface area (Å²) in [4.78, 5) is 7.92. The zero-order valence-corrected chi connectivity index (χ0v) is 13.2. The molecule has 2 nitrogen and oxygen atoms in total. The summed E-state index contributed by atoms with van der Waals surface area (Å²) in [6.07, 6.45) is -4.37. The van der Waals surface area contributed by atoms with Crippen molar-refractivity contribution in [3.05, 3.63) is 53.7 Å². The van der Waals surface area contributed by atoms with Gasteiger partial charge in [-0.3, -0.25) is 4.98 Å². The van der Waals surface area contributed by atoms with Crippen molar-refractivity contribution in [1.82, 2.24) is 9.97 Å². The smallest absolute Gasteiger partial charge is 0.353 e. The molecule has 0 saturated carbocycles.